The van der Waals surface area contributed by atoms with Crippen molar-refractivity contribution in [2.24, 2.45) is 5.73 Å². The lowest BCUT2D eigenvalue weighted by molar-refractivity contribution is -0.0758. The quantitative estimate of drug-likeness (QED) is 0.659. The number of hydroxylamine groups is 2. The van der Waals surface area contributed by atoms with E-state index in [9.17, 15) is 10.0 Å². The summed E-state index contributed by atoms with van der Waals surface area (Å²) in [5.41, 5.74) is 7.17. The number of fused-ring (bicyclic) bond motifs is 1. The maximum Gasteiger partial charge on any atom is 0.339 e. The van der Waals surface area contributed by atoms with E-state index in [1.807, 2.05) is 18.2 Å². The van der Waals surface area contributed by atoms with E-state index in [1.165, 1.54) is 0 Å². The first kappa shape index (κ1) is 14.2. The number of carbonyl (C=O) groups excluding carboxylic acids is 1. The van der Waals surface area contributed by atoms with Crippen LogP contribution < -0.4 is 10.5 Å². The first-order valence-corrected chi connectivity index (χ1v) is 7.30. The number of ether oxygens (including phenoxy) is 2. The Morgan fingerprint density at radius 1 is 1.33 bits per heavy atom. The summed E-state index contributed by atoms with van der Waals surface area (Å²) in [5, 5.41) is 10.3. The van der Waals surface area contributed by atoms with Gasteiger partial charge in [-0.25, -0.2) is 4.79 Å². The van der Waals surface area contributed by atoms with E-state index < -0.39 is 6.03 Å². The Morgan fingerprint density at radius 2 is 2.10 bits per heavy atom. The van der Waals surface area contributed by atoms with E-state index >= 15 is 0 Å². The average Bonchev–Trinajstić information content (AvgIpc) is 2.90. The molecule has 6 nitrogen and oxygen atoms in total. The van der Waals surface area contributed by atoms with Crippen LogP contribution in [0.3, 0.4) is 0 Å². The molecule has 0 bridgehead atoms. The van der Waals surface area contributed by atoms with Gasteiger partial charge >= 0.3 is 6.03 Å². The first-order valence-electron chi connectivity index (χ1n) is 7.30. The van der Waals surface area contributed by atoms with Gasteiger partial charge in [0.25, 0.3) is 0 Å². The Hall–Kier alpha value is -1.79. The van der Waals surface area contributed by atoms with E-state index in [1.54, 1.807) is 0 Å². The number of urea groups is 1. The van der Waals surface area contributed by atoms with Crippen molar-refractivity contribution in [2.45, 2.75) is 37.8 Å². The third kappa shape index (κ3) is 2.96. The Bertz CT molecular complexity index is 528. The third-order valence-corrected chi connectivity index (χ3v) is 4.15. The summed E-state index contributed by atoms with van der Waals surface area (Å²) in [6, 6.07) is 4.62. The molecule has 1 aromatic carbocycles. The van der Waals surface area contributed by atoms with Crippen LogP contribution >= 0.6 is 0 Å². The number of nitrogens with two attached hydrogens (primary N) is 1. The molecule has 21 heavy (non-hydrogen) atoms. The van der Waals surface area contributed by atoms with Gasteiger partial charge in [-0.05, 0) is 36.1 Å². The van der Waals surface area contributed by atoms with E-state index in [-0.39, 0.29) is 12.1 Å². The van der Waals surface area contributed by atoms with Crippen molar-refractivity contribution in [3.05, 3.63) is 29.3 Å². The second-order valence-corrected chi connectivity index (χ2v) is 5.53. The van der Waals surface area contributed by atoms with Crippen molar-refractivity contribution in [1.82, 2.24) is 5.06 Å². The minimum Gasteiger partial charge on any atom is -0.490 e. The monoisotopic (exact) mass is 292 g/mol. The highest BCUT2D eigenvalue weighted by atomic mass is 16.5. The molecule has 2 amide bonds. The van der Waals surface area contributed by atoms with E-state index in [4.69, 9.17) is 15.2 Å². The maximum atomic E-state index is 11.1. The van der Waals surface area contributed by atoms with Gasteiger partial charge < -0.3 is 15.2 Å². The second-order valence-electron chi connectivity index (χ2n) is 5.53. The number of aryl methyl sites for hydroxylation is 1. The standard InChI is InChI=1S/C15H20N2O4/c16-15(18)17(19)14-4-1-10-9-12(2-3-13(10)14)21-11-5-7-20-8-6-11/h2-3,9,11,14,19H,1,4-8H2,(H2,16,18). The van der Waals surface area contributed by atoms with E-state index in [0.29, 0.717) is 11.5 Å². The molecule has 1 aromatic rings. The smallest absolute Gasteiger partial charge is 0.339 e. The number of rotatable bonds is 3. The predicted octanol–water partition coefficient (Wildman–Crippen LogP) is 2.00. The molecule has 1 fully saturated rings. The number of benzene rings is 1. The molecule has 114 valence electrons. The molecular weight excluding hydrogens is 272 g/mol. The zero-order valence-corrected chi connectivity index (χ0v) is 11.8. The van der Waals surface area contributed by atoms with Gasteiger partial charge in [-0.1, -0.05) is 6.07 Å². The Balaban J connectivity index is 1.72. The van der Waals surface area contributed by atoms with Crippen LogP contribution in [0, 0.1) is 0 Å². The summed E-state index contributed by atoms with van der Waals surface area (Å²) in [6.07, 6.45) is 3.50. The highest BCUT2D eigenvalue weighted by molar-refractivity contribution is 5.71. The molecule has 1 heterocycles. The van der Waals surface area contributed by atoms with Crippen LogP contribution in [0.1, 0.15) is 36.4 Å². The maximum absolute atomic E-state index is 11.1. The summed E-state index contributed by atoms with van der Waals surface area (Å²) in [5.74, 6) is 0.838. The lowest BCUT2D eigenvalue weighted by Crippen LogP contribution is -2.35. The van der Waals surface area contributed by atoms with Crippen LogP contribution in [0.15, 0.2) is 18.2 Å². The molecular formula is C15H20N2O4. The predicted molar refractivity (Wildman–Crippen MR) is 75.2 cm³/mol. The van der Waals surface area contributed by atoms with Crippen LogP contribution in [0.5, 0.6) is 5.75 Å². The summed E-state index contributed by atoms with van der Waals surface area (Å²) in [7, 11) is 0. The molecule has 1 atom stereocenters. The van der Waals surface area contributed by atoms with Crippen LogP contribution in [-0.2, 0) is 11.2 Å². The molecule has 1 unspecified atom stereocenters. The zero-order chi connectivity index (χ0) is 14.8. The summed E-state index contributed by atoms with van der Waals surface area (Å²) >= 11 is 0. The van der Waals surface area contributed by atoms with Gasteiger partial charge in [0.2, 0.25) is 0 Å². The minimum atomic E-state index is -0.824. The van der Waals surface area contributed by atoms with Crippen LogP contribution in [0.4, 0.5) is 4.79 Å². The second kappa shape index (κ2) is 5.91. The largest absolute Gasteiger partial charge is 0.490 e. The Kier molecular flexibility index (Phi) is 3.98. The average molecular weight is 292 g/mol. The van der Waals surface area contributed by atoms with Gasteiger partial charge in [-0.15, -0.1) is 0 Å². The minimum absolute atomic E-state index is 0.203. The highest BCUT2D eigenvalue weighted by Crippen LogP contribution is 2.37. The van der Waals surface area contributed by atoms with Gasteiger partial charge in [-0.3, -0.25) is 5.21 Å². The topological polar surface area (TPSA) is 85.0 Å². The molecule has 1 aliphatic carbocycles. The third-order valence-electron chi connectivity index (χ3n) is 4.15. The summed E-state index contributed by atoms with van der Waals surface area (Å²) in [6.45, 7) is 1.49. The fraction of sp³-hybridized carbons (Fsp3) is 0.533. The molecule has 1 aliphatic heterocycles. The van der Waals surface area contributed by atoms with Crippen LogP contribution in [0.25, 0.3) is 0 Å². The van der Waals surface area contributed by atoms with Gasteiger partial charge in [0, 0.05) is 12.8 Å². The fourth-order valence-corrected chi connectivity index (χ4v) is 3.04. The Morgan fingerprint density at radius 3 is 2.81 bits per heavy atom. The van der Waals surface area contributed by atoms with Gasteiger partial charge in [0.15, 0.2) is 0 Å². The van der Waals surface area contributed by atoms with Crippen molar-refractivity contribution in [1.29, 1.82) is 0 Å². The molecule has 0 radical (unpaired) electrons. The SMILES string of the molecule is NC(=O)N(O)C1CCc2cc(OC3CCOCC3)ccc21. The molecule has 2 aliphatic rings. The van der Waals surface area contributed by atoms with Crippen molar-refractivity contribution in [3.63, 3.8) is 0 Å². The lowest BCUT2D eigenvalue weighted by atomic mass is 10.1. The number of amides is 2. The molecule has 6 heteroatoms. The first-order chi connectivity index (χ1) is 10.1. The summed E-state index contributed by atoms with van der Waals surface area (Å²) in [4.78, 5) is 11.1. The normalized spacial score (nSPS) is 21.9. The van der Waals surface area contributed by atoms with Gasteiger partial charge in [-0.2, -0.15) is 5.06 Å². The summed E-state index contributed by atoms with van der Waals surface area (Å²) < 4.78 is 11.3. The van der Waals surface area contributed by atoms with E-state index in [0.717, 1.165) is 49.4 Å². The van der Waals surface area contributed by atoms with Crippen molar-refractivity contribution in [3.8, 4) is 5.75 Å². The molecule has 0 aromatic heterocycles. The van der Waals surface area contributed by atoms with E-state index in [2.05, 4.69) is 0 Å². The van der Waals surface area contributed by atoms with Crippen LogP contribution in [-0.4, -0.2) is 35.6 Å². The number of hydrogen-bond donors (Lipinski definition) is 2. The highest BCUT2D eigenvalue weighted by Gasteiger charge is 2.30. The molecule has 0 spiro atoms. The molecule has 3 rings (SSSR count). The number of primary amides is 1. The van der Waals surface area contributed by atoms with Gasteiger partial charge in [0.1, 0.15) is 11.9 Å². The Labute approximate surface area is 123 Å². The van der Waals surface area contributed by atoms with Gasteiger partial charge in [0.05, 0.1) is 19.3 Å². The fourth-order valence-electron chi connectivity index (χ4n) is 3.04. The van der Waals surface area contributed by atoms with Crippen molar-refractivity contribution >= 4 is 6.03 Å². The van der Waals surface area contributed by atoms with Crippen molar-refractivity contribution in [2.75, 3.05) is 13.2 Å². The zero-order valence-electron chi connectivity index (χ0n) is 11.8. The lowest BCUT2D eigenvalue weighted by Gasteiger charge is -2.24. The van der Waals surface area contributed by atoms with Crippen LogP contribution in [0.2, 0.25) is 0 Å². The molecule has 3 N–H and O–H groups in total. The molecule has 0 saturated carbocycles. The van der Waals surface area contributed by atoms with Crippen molar-refractivity contribution < 1.29 is 19.5 Å². The number of carbonyl (C=O) groups is 1. The number of nitrogens with zero attached hydrogens (tertiary/aromatic N) is 1. The number of hydrogen-bond acceptors (Lipinski definition) is 4. The molecule has 1 saturated heterocycles.